The Bertz CT molecular complexity index is 1170. The van der Waals surface area contributed by atoms with Gasteiger partial charge in [0.2, 0.25) is 17.6 Å². The van der Waals surface area contributed by atoms with Gasteiger partial charge >= 0.3 is 5.97 Å². The van der Waals surface area contributed by atoms with Crippen molar-refractivity contribution < 1.29 is 28.3 Å². The third-order valence-corrected chi connectivity index (χ3v) is 4.04. The molecule has 0 saturated heterocycles. The highest BCUT2D eigenvalue weighted by Gasteiger charge is 2.13. The Morgan fingerprint density at radius 1 is 1.00 bits per heavy atom. The number of hydrogen-bond acceptors (Lipinski definition) is 7. The quantitative estimate of drug-likeness (QED) is 0.366. The molecule has 30 heavy (non-hydrogen) atoms. The fourth-order valence-electron chi connectivity index (χ4n) is 2.66. The number of esters is 1. The largest absolute Gasteiger partial charge is 0.495 e. The van der Waals surface area contributed by atoms with Crippen LogP contribution in [0.15, 0.2) is 64.1 Å². The van der Waals surface area contributed by atoms with Crippen LogP contribution in [0, 0.1) is 0 Å². The van der Waals surface area contributed by atoms with Gasteiger partial charge in [0.15, 0.2) is 0 Å². The molecule has 0 aliphatic heterocycles. The van der Waals surface area contributed by atoms with Crippen molar-refractivity contribution in [3.8, 4) is 5.75 Å². The number of para-hydroxylation sites is 3. The molecular weight excluding hydrogens is 390 g/mol. The molecule has 3 rings (SSSR count). The van der Waals surface area contributed by atoms with Crippen molar-refractivity contribution in [2.75, 3.05) is 19.5 Å². The molecule has 0 atom stereocenters. The molecule has 2 amide bonds. The van der Waals surface area contributed by atoms with Gasteiger partial charge in [0.25, 0.3) is 0 Å². The number of methoxy groups -OCH3 is 2. The molecule has 9 nitrogen and oxygen atoms in total. The second kappa shape index (κ2) is 9.37. The average Bonchev–Trinajstić information content (AvgIpc) is 2.76. The van der Waals surface area contributed by atoms with Crippen LogP contribution in [0.2, 0.25) is 0 Å². The average molecular weight is 409 g/mol. The van der Waals surface area contributed by atoms with Crippen LogP contribution in [0.4, 0.5) is 5.69 Å². The predicted molar refractivity (Wildman–Crippen MR) is 107 cm³/mol. The van der Waals surface area contributed by atoms with E-state index in [1.165, 1.54) is 20.3 Å². The van der Waals surface area contributed by atoms with Gasteiger partial charge in [0.05, 0.1) is 25.3 Å². The smallest absolute Gasteiger partial charge is 0.374 e. The first-order valence-electron chi connectivity index (χ1n) is 8.88. The summed E-state index contributed by atoms with van der Waals surface area (Å²) >= 11 is 0. The monoisotopic (exact) mass is 409 g/mol. The number of carbonyl (C=O) groups is 3. The van der Waals surface area contributed by atoms with Crippen LogP contribution in [0.3, 0.4) is 0 Å². The van der Waals surface area contributed by atoms with Crippen LogP contribution in [-0.4, -0.2) is 32.0 Å². The van der Waals surface area contributed by atoms with E-state index in [1.54, 1.807) is 48.5 Å². The lowest BCUT2D eigenvalue weighted by Gasteiger charge is -2.09. The van der Waals surface area contributed by atoms with Crippen LogP contribution < -0.4 is 20.8 Å². The molecule has 0 unspecified atom stereocenters. The van der Waals surface area contributed by atoms with Crippen LogP contribution in [-0.2, 0) is 14.3 Å². The normalized spacial score (nSPS) is 11.1. The Kier molecular flexibility index (Phi) is 6.43. The number of carbonyl (C=O) groups excluding carboxylic acids is 3. The summed E-state index contributed by atoms with van der Waals surface area (Å²) in [5, 5.41) is 7.50. The second-order valence-electron chi connectivity index (χ2n) is 6.06. The minimum absolute atomic E-state index is 0.0712. The minimum atomic E-state index is -0.681. The summed E-state index contributed by atoms with van der Waals surface area (Å²) < 4.78 is 15.3. The summed E-state index contributed by atoms with van der Waals surface area (Å²) in [6, 6.07) is 15.1. The molecule has 0 fully saturated rings. The van der Waals surface area contributed by atoms with Gasteiger partial charge < -0.3 is 19.2 Å². The summed E-state index contributed by atoms with van der Waals surface area (Å²) in [5.74, 6) is -1.44. The number of hydrogen-bond donors (Lipinski definition) is 2. The number of rotatable bonds is 6. The van der Waals surface area contributed by atoms with Gasteiger partial charge in [0, 0.05) is 11.5 Å². The maximum Gasteiger partial charge on any atom is 0.374 e. The van der Waals surface area contributed by atoms with Crippen molar-refractivity contribution >= 4 is 34.4 Å². The van der Waals surface area contributed by atoms with E-state index >= 15 is 0 Å². The Morgan fingerprint density at radius 2 is 1.73 bits per heavy atom. The Morgan fingerprint density at radius 3 is 2.50 bits per heavy atom. The molecule has 0 aliphatic carbocycles. The predicted octanol–water partition coefficient (Wildman–Crippen LogP) is 2.19. The summed E-state index contributed by atoms with van der Waals surface area (Å²) in [6.07, 6.45) is -0.458. The van der Waals surface area contributed by atoms with E-state index in [4.69, 9.17) is 9.15 Å². The van der Waals surface area contributed by atoms with Crippen molar-refractivity contribution in [2.45, 2.75) is 6.42 Å². The number of nitrogens with one attached hydrogen (secondary N) is 2. The third-order valence-electron chi connectivity index (χ3n) is 4.04. The van der Waals surface area contributed by atoms with Crippen molar-refractivity contribution in [2.24, 2.45) is 5.10 Å². The highest BCUT2D eigenvalue weighted by molar-refractivity contribution is 6.04. The Balaban J connectivity index is 1.76. The molecule has 1 heterocycles. The van der Waals surface area contributed by atoms with Crippen molar-refractivity contribution in [1.82, 2.24) is 5.43 Å². The van der Waals surface area contributed by atoms with E-state index < -0.39 is 24.2 Å². The van der Waals surface area contributed by atoms with Crippen molar-refractivity contribution in [1.29, 1.82) is 0 Å². The van der Waals surface area contributed by atoms with E-state index in [0.717, 1.165) is 0 Å². The molecular formula is C21H19N3O6. The SMILES string of the molecule is COC(=O)c1c/c(=N/NC(=O)CC(=O)Nc2ccccc2OC)c2ccccc2o1. The lowest BCUT2D eigenvalue weighted by Crippen LogP contribution is -2.26. The zero-order chi connectivity index (χ0) is 21.5. The summed E-state index contributed by atoms with van der Waals surface area (Å²) in [4.78, 5) is 36.1. The van der Waals surface area contributed by atoms with Gasteiger partial charge in [-0.1, -0.05) is 24.3 Å². The molecule has 2 N–H and O–H groups in total. The molecule has 0 radical (unpaired) electrons. The van der Waals surface area contributed by atoms with Crippen LogP contribution >= 0.6 is 0 Å². The van der Waals surface area contributed by atoms with E-state index in [0.29, 0.717) is 22.4 Å². The van der Waals surface area contributed by atoms with Crippen molar-refractivity contribution in [3.05, 3.63) is 65.7 Å². The van der Waals surface area contributed by atoms with Gasteiger partial charge in [-0.25, -0.2) is 10.2 Å². The molecule has 154 valence electrons. The Labute approximate surface area is 171 Å². The molecule has 0 bridgehead atoms. The lowest BCUT2D eigenvalue weighted by atomic mass is 10.2. The number of fused-ring (bicyclic) bond motifs is 1. The first-order valence-corrected chi connectivity index (χ1v) is 8.88. The van der Waals surface area contributed by atoms with E-state index in [1.807, 2.05) is 0 Å². The number of anilines is 1. The first kappa shape index (κ1) is 20.6. The molecule has 0 saturated carbocycles. The third kappa shape index (κ3) is 4.82. The summed E-state index contributed by atoms with van der Waals surface area (Å²) in [6.45, 7) is 0. The highest BCUT2D eigenvalue weighted by atomic mass is 16.5. The first-order chi connectivity index (χ1) is 14.5. The zero-order valence-electron chi connectivity index (χ0n) is 16.3. The number of ether oxygens (including phenoxy) is 2. The van der Waals surface area contributed by atoms with Crippen LogP contribution in [0.5, 0.6) is 5.75 Å². The number of nitrogens with zero attached hydrogens (tertiary/aromatic N) is 1. The summed E-state index contributed by atoms with van der Waals surface area (Å²) in [7, 11) is 2.71. The second-order valence-corrected chi connectivity index (χ2v) is 6.06. The van der Waals surface area contributed by atoms with E-state index in [9.17, 15) is 14.4 Å². The molecule has 1 aromatic heterocycles. The maximum absolute atomic E-state index is 12.2. The van der Waals surface area contributed by atoms with Crippen molar-refractivity contribution in [3.63, 3.8) is 0 Å². The zero-order valence-corrected chi connectivity index (χ0v) is 16.3. The maximum atomic E-state index is 12.2. The van der Waals surface area contributed by atoms with Gasteiger partial charge in [-0.2, -0.15) is 5.10 Å². The van der Waals surface area contributed by atoms with Gasteiger partial charge in [-0.15, -0.1) is 0 Å². The van der Waals surface area contributed by atoms with E-state index in [2.05, 4.69) is 20.6 Å². The van der Waals surface area contributed by atoms with Crippen LogP contribution in [0.25, 0.3) is 11.0 Å². The molecule has 0 aliphatic rings. The van der Waals surface area contributed by atoms with Gasteiger partial charge in [0.1, 0.15) is 17.8 Å². The molecule has 2 aromatic carbocycles. The lowest BCUT2D eigenvalue weighted by molar-refractivity contribution is -0.126. The minimum Gasteiger partial charge on any atom is -0.495 e. The standard InChI is InChI=1S/C21H19N3O6/c1-28-17-10-6-4-8-14(17)22-19(25)12-20(26)24-23-15-11-18(21(27)29-2)30-16-9-5-3-7-13(15)16/h3-11H,12H2,1-2H3,(H,22,25)(H,24,26)/b23-15-. The fourth-order valence-corrected chi connectivity index (χ4v) is 2.66. The van der Waals surface area contributed by atoms with Gasteiger partial charge in [-0.3, -0.25) is 9.59 Å². The molecule has 0 spiro atoms. The number of benzene rings is 2. The van der Waals surface area contributed by atoms with Crippen LogP contribution in [0.1, 0.15) is 17.0 Å². The fraction of sp³-hybridized carbons (Fsp3) is 0.143. The Hall–Kier alpha value is -4.14. The molecule has 9 heteroatoms. The van der Waals surface area contributed by atoms with Gasteiger partial charge in [-0.05, 0) is 24.3 Å². The number of amides is 2. The summed E-state index contributed by atoms with van der Waals surface area (Å²) in [5.41, 5.74) is 3.16. The van der Waals surface area contributed by atoms with E-state index in [-0.39, 0.29) is 11.1 Å². The topological polar surface area (TPSA) is 119 Å². The molecule has 3 aromatic rings. The highest BCUT2D eigenvalue weighted by Crippen LogP contribution is 2.23.